The van der Waals surface area contributed by atoms with Crippen LogP contribution in [0.3, 0.4) is 0 Å². The number of nitrogens with one attached hydrogen (secondary N) is 2. The van der Waals surface area contributed by atoms with Gasteiger partial charge in [-0.2, -0.15) is 0 Å². The molecule has 0 radical (unpaired) electrons. The Morgan fingerprint density at radius 2 is 1.79 bits per heavy atom. The van der Waals surface area contributed by atoms with Crippen LogP contribution >= 0.6 is 0 Å². The van der Waals surface area contributed by atoms with E-state index in [9.17, 15) is 4.79 Å². The molecule has 0 aliphatic rings. The second-order valence-electron chi connectivity index (χ2n) is 6.81. The molecule has 5 nitrogen and oxygen atoms in total. The maximum atomic E-state index is 11.8. The van der Waals surface area contributed by atoms with E-state index in [1.54, 1.807) is 19.0 Å². The molecule has 5 heteroatoms. The predicted octanol–water partition coefficient (Wildman–Crippen LogP) is 2.63. The van der Waals surface area contributed by atoms with Gasteiger partial charge in [0.1, 0.15) is 0 Å². The lowest BCUT2D eigenvalue weighted by molar-refractivity contribution is -0.127. The Balaban J connectivity index is 2.65. The average molecular weight is 332 g/mol. The van der Waals surface area contributed by atoms with E-state index in [0.29, 0.717) is 24.5 Å². The second kappa shape index (κ2) is 10.7. The second-order valence-corrected chi connectivity index (χ2v) is 6.81. The van der Waals surface area contributed by atoms with Gasteiger partial charge < -0.3 is 15.5 Å². The van der Waals surface area contributed by atoms with E-state index in [-0.39, 0.29) is 12.5 Å². The number of carbonyl (C=O) groups excluding carboxylic acids is 1. The van der Waals surface area contributed by atoms with Gasteiger partial charge >= 0.3 is 0 Å². The largest absolute Gasteiger partial charge is 0.354 e. The quantitative estimate of drug-likeness (QED) is 0.568. The van der Waals surface area contributed by atoms with Gasteiger partial charge in [-0.15, -0.1) is 0 Å². The van der Waals surface area contributed by atoms with Crippen LogP contribution in [0.15, 0.2) is 35.3 Å². The summed E-state index contributed by atoms with van der Waals surface area (Å²) in [4.78, 5) is 18.0. The van der Waals surface area contributed by atoms with Crippen molar-refractivity contribution in [3.8, 4) is 0 Å². The fraction of sp³-hybridized carbons (Fsp3) is 0.579. The van der Waals surface area contributed by atoms with Crippen LogP contribution in [0.25, 0.3) is 0 Å². The molecule has 2 N–H and O–H groups in total. The van der Waals surface area contributed by atoms with Crippen LogP contribution in [0.5, 0.6) is 0 Å². The first-order chi connectivity index (χ1) is 11.4. The lowest BCUT2D eigenvalue weighted by Gasteiger charge is -2.20. The molecule has 0 spiro atoms. The highest BCUT2D eigenvalue weighted by atomic mass is 16.2. The Labute approximate surface area is 146 Å². The summed E-state index contributed by atoms with van der Waals surface area (Å²) < 4.78 is 0. The maximum Gasteiger partial charge on any atom is 0.241 e. The number of hydrogen-bond acceptors (Lipinski definition) is 2. The van der Waals surface area contributed by atoms with Crippen LogP contribution in [-0.4, -0.2) is 43.4 Å². The highest BCUT2D eigenvalue weighted by Crippen LogP contribution is 2.06. The maximum absolute atomic E-state index is 11.8. The molecule has 1 atom stereocenters. The number of rotatable bonds is 8. The average Bonchev–Trinajstić information content (AvgIpc) is 2.55. The first-order valence-electron chi connectivity index (χ1n) is 8.67. The number of nitrogens with zero attached hydrogens (tertiary/aromatic N) is 2. The first-order valence-corrected chi connectivity index (χ1v) is 8.67. The molecule has 0 aromatic heterocycles. The summed E-state index contributed by atoms with van der Waals surface area (Å²) in [5, 5.41) is 6.54. The zero-order chi connectivity index (χ0) is 17.9. The molecular weight excluding hydrogens is 300 g/mol. The summed E-state index contributed by atoms with van der Waals surface area (Å²) in [7, 11) is 3.51. The van der Waals surface area contributed by atoms with Crippen molar-refractivity contribution in [1.29, 1.82) is 0 Å². The first kappa shape index (κ1) is 20.0. The van der Waals surface area contributed by atoms with Crippen LogP contribution < -0.4 is 10.6 Å². The molecule has 134 valence electrons. The van der Waals surface area contributed by atoms with Crippen molar-refractivity contribution >= 4 is 11.9 Å². The van der Waals surface area contributed by atoms with Crippen molar-refractivity contribution in [3.05, 3.63) is 35.9 Å². The summed E-state index contributed by atoms with van der Waals surface area (Å²) in [6, 6.07) is 10.4. The Hall–Kier alpha value is -2.04. The van der Waals surface area contributed by atoms with Gasteiger partial charge in [0.15, 0.2) is 5.96 Å². The van der Waals surface area contributed by atoms with E-state index in [2.05, 4.69) is 36.4 Å². The van der Waals surface area contributed by atoms with E-state index in [1.807, 2.05) is 30.3 Å². The lowest BCUT2D eigenvalue weighted by Crippen LogP contribution is -2.46. The molecule has 1 amide bonds. The lowest BCUT2D eigenvalue weighted by atomic mass is 10.0. The predicted molar refractivity (Wildman–Crippen MR) is 101 cm³/mol. The molecular formula is C19H32N4O. The summed E-state index contributed by atoms with van der Waals surface area (Å²) in [5.74, 6) is 1.39. The topological polar surface area (TPSA) is 56.7 Å². The highest BCUT2D eigenvalue weighted by Gasteiger charge is 2.09. The Kier molecular flexibility index (Phi) is 8.90. The van der Waals surface area contributed by atoms with Crippen molar-refractivity contribution in [3.63, 3.8) is 0 Å². The number of guanidine groups is 1. The zero-order valence-electron chi connectivity index (χ0n) is 15.7. The SMILES string of the molecule is CC(C)CCC(C)NC(=NCc1ccccc1)NCC(=O)N(C)C. The van der Waals surface area contributed by atoms with Gasteiger partial charge in [-0.1, -0.05) is 44.2 Å². The fourth-order valence-electron chi connectivity index (χ4n) is 2.11. The van der Waals surface area contributed by atoms with Crippen molar-refractivity contribution < 1.29 is 4.79 Å². The molecule has 1 aromatic carbocycles. The third-order valence-electron chi connectivity index (χ3n) is 3.73. The molecule has 0 saturated carbocycles. The van der Waals surface area contributed by atoms with Crippen molar-refractivity contribution in [2.45, 2.75) is 46.2 Å². The van der Waals surface area contributed by atoms with E-state index in [1.165, 1.54) is 0 Å². The summed E-state index contributed by atoms with van der Waals surface area (Å²) in [6.45, 7) is 7.43. The van der Waals surface area contributed by atoms with Gasteiger partial charge in [-0.25, -0.2) is 4.99 Å². The van der Waals surface area contributed by atoms with E-state index >= 15 is 0 Å². The Bertz CT molecular complexity index is 511. The zero-order valence-corrected chi connectivity index (χ0v) is 15.7. The molecule has 24 heavy (non-hydrogen) atoms. The van der Waals surface area contributed by atoms with Gasteiger partial charge in [0.25, 0.3) is 0 Å². The third-order valence-corrected chi connectivity index (χ3v) is 3.73. The molecule has 0 heterocycles. The van der Waals surface area contributed by atoms with Crippen LogP contribution in [0.2, 0.25) is 0 Å². The van der Waals surface area contributed by atoms with Crippen molar-refractivity contribution in [1.82, 2.24) is 15.5 Å². The standard InChI is InChI=1S/C19H32N4O/c1-15(2)11-12-16(3)22-19(21-14-18(24)23(4)5)20-13-17-9-7-6-8-10-17/h6-10,15-16H,11-14H2,1-5H3,(H2,20,21,22). The minimum Gasteiger partial charge on any atom is -0.354 e. The van der Waals surface area contributed by atoms with Crippen LogP contribution in [0.1, 0.15) is 39.2 Å². The fourth-order valence-corrected chi connectivity index (χ4v) is 2.11. The smallest absolute Gasteiger partial charge is 0.241 e. The Morgan fingerprint density at radius 3 is 2.38 bits per heavy atom. The van der Waals surface area contributed by atoms with Gasteiger partial charge in [-0.3, -0.25) is 4.79 Å². The van der Waals surface area contributed by atoms with Crippen molar-refractivity contribution in [2.24, 2.45) is 10.9 Å². The van der Waals surface area contributed by atoms with Gasteiger partial charge in [0.2, 0.25) is 5.91 Å². The van der Waals surface area contributed by atoms with E-state index in [4.69, 9.17) is 0 Å². The molecule has 0 saturated heterocycles. The monoisotopic (exact) mass is 332 g/mol. The van der Waals surface area contributed by atoms with E-state index in [0.717, 1.165) is 18.4 Å². The summed E-state index contributed by atoms with van der Waals surface area (Å²) >= 11 is 0. The third kappa shape index (κ3) is 8.56. The summed E-state index contributed by atoms with van der Waals surface area (Å²) in [5.41, 5.74) is 1.15. The molecule has 0 fully saturated rings. The molecule has 1 rings (SSSR count). The van der Waals surface area contributed by atoms with E-state index < -0.39 is 0 Å². The number of carbonyl (C=O) groups is 1. The number of amides is 1. The Morgan fingerprint density at radius 1 is 1.12 bits per heavy atom. The van der Waals surface area contributed by atoms with Gasteiger partial charge in [-0.05, 0) is 31.2 Å². The number of likely N-dealkylation sites (N-methyl/N-ethyl adjacent to an activating group) is 1. The molecule has 0 bridgehead atoms. The number of aliphatic imine (C=N–C) groups is 1. The minimum atomic E-state index is 0.0269. The normalized spacial score (nSPS) is 12.8. The minimum absolute atomic E-state index is 0.0269. The summed E-state index contributed by atoms with van der Waals surface area (Å²) in [6.07, 6.45) is 2.24. The number of hydrogen-bond donors (Lipinski definition) is 2. The van der Waals surface area contributed by atoms with Crippen LogP contribution in [0.4, 0.5) is 0 Å². The molecule has 1 unspecified atom stereocenters. The van der Waals surface area contributed by atoms with Gasteiger partial charge in [0, 0.05) is 20.1 Å². The van der Waals surface area contributed by atoms with Crippen molar-refractivity contribution in [2.75, 3.05) is 20.6 Å². The van der Waals surface area contributed by atoms with Crippen LogP contribution in [0, 0.1) is 5.92 Å². The molecule has 0 aliphatic carbocycles. The number of benzene rings is 1. The highest BCUT2D eigenvalue weighted by molar-refractivity contribution is 5.86. The molecule has 1 aromatic rings. The van der Waals surface area contributed by atoms with Gasteiger partial charge in [0.05, 0.1) is 13.1 Å². The molecule has 0 aliphatic heterocycles. The van der Waals surface area contributed by atoms with Crippen LogP contribution in [-0.2, 0) is 11.3 Å².